The molecule has 0 spiro atoms. The summed E-state index contributed by atoms with van der Waals surface area (Å²) in [4.78, 5) is 28.5. The maximum atomic E-state index is 12.5. The van der Waals surface area contributed by atoms with Crippen molar-refractivity contribution in [1.82, 2.24) is 15.0 Å². The van der Waals surface area contributed by atoms with Crippen LogP contribution in [0, 0.1) is 0 Å². The molecule has 0 aromatic carbocycles. The van der Waals surface area contributed by atoms with Crippen molar-refractivity contribution in [2.75, 3.05) is 23.9 Å². The van der Waals surface area contributed by atoms with Gasteiger partial charge in [0, 0.05) is 14.1 Å². The fourth-order valence-corrected chi connectivity index (χ4v) is 3.15. The van der Waals surface area contributed by atoms with E-state index in [2.05, 4.69) is 15.0 Å². The number of thiazole rings is 1. The summed E-state index contributed by atoms with van der Waals surface area (Å²) in [6.45, 7) is 2.01. The van der Waals surface area contributed by atoms with Crippen molar-refractivity contribution in [3.63, 3.8) is 0 Å². The van der Waals surface area contributed by atoms with Crippen molar-refractivity contribution in [1.29, 1.82) is 0 Å². The first-order valence-corrected chi connectivity index (χ1v) is 7.26. The summed E-state index contributed by atoms with van der Waals surface area (Å²) in [5.41, 5.74) is 1.07. The molecule has 2 aromatic rings. The van der Waals surface area contributed by atoms with Gasteiger partial charge in [0.2, 0.25) is 5.28 Å². The highest BCUT2D eigenvalue weighted by molar-refractivity contribution is 7.16. The Hall–Kier alpha value is -1.73. The predicted octanol–water partition coefficient (Wildman–Crippen LogP) is 2.51. The number of anilines is 3. The zero-order chi connectivity index (χ0) is 14.4. The Morgan fingerprint density at radius 3 is 2.75 bits per heavy atom. The normalized spacial score (nSPS) is 14.1. The number of amides is 1. The van der Waals surface area contributed by atoms with Gasteiger partial charge in [0.1, 0.15) is 10.7 Å². The summed E-state index contributed by atoms with van der Waals surface area (Å²) < 4.78 is 0. The third-order valence-corrected chi connectivity index (χ3v) is 4.63. The molecular weight excluding hydrogens is 298 g/mol. The Morgan fingerprint density at radius 1 is 1.30 bits per heavy atom. The highest BCUT2D eigenvalue weighted by atomic mass is 35.5. The third-order valence-electron chi connectivity index (χ3n) is 3.17. The summed E-state index contributed by atoms with van der Waals surface area (Å²) in [5, 5.41) is 1.86. The molecule has 3 rings (SSSR count). The van der Waals surface area contributed by atoms with E-state index in [4.69, 9.17) is 11.6 Å². The zero-order valence-electron chi connectivity index (χ0n) is 11.2. The highest BCUT2D eigenvalue weighted by Gasteiger charge is 2.32. The minimum absolute atomic E-state index is 0.153. The minimum Gasteiger partial charge on any atom is -0.317 e. The number of fused-ring (bicyclic) bond motifs is 2. The first-order valence-electron chi connectivity index (χ1n) is 6.07. The van der Waals surface area contributed by atoms with Crippen LogP contribution in [0.1, 0.15) is 22.4 Å². The van der Waals surface area contributed by atoms with Crippen LogP contribution < -0.4 is 9.80 Å². The van der Waals surface area contributed by atoms with Crippen LogP contribution in [0.5, 0.6) is 0 Å². The minimum atomic E-state index is -0.160. The van der Waals surface area contributed by atoms with E-state index < -0.39 is 0 Å². The zero-order valence-corrected chi connectivity index (χ0v) is 12.8. The fraction of sp³-hybridized carbons (Fsp3) is 0.333. The predicted molar refractivity (Wildman–Crippen MR) is 79.3 cm³/mol. The van der Waals surface area contributed by atoms with Gasteiger partial charge in [-0.15, -0.1) is 11.3 Å². The third kappa shape index (κ3) is 1.85. The lowest BCUT2D eigenvalue weighted by molar-refractivity contribution is 0.0990. The largest absolute Gasteiger partial charge is 0.317 e. The van der Waals surface area contributed by atoms with Crippen molar-refractivity contribution >= 4 is 45.4 Å². The molecule has 0 bridgehead atoms. The molecule has 1 amide bonds. The topological polar surface area (TPSA) is 62.2 Å². The second-order valence-corrected chi connectivity index (χ2v) is 5.79. The lowest BCUT2D eigenvalue weighted by Gasteiger charge is -2.19. The molecular formula is C12H12ClN5OS. The molecule has 0 saturated carbocycles. The molecule has 0 atom stereocenters. The summed E-state index contributed by atoms with van der Waals surface area (Å²) in [6, 6.07) is 0. The smallest absolute Gasteiger partial charge is 0.279 e. The molecule has 6 nitrogen and oxygen atoms in total. The molecule has 2 aromatic heterocycles. The number of aryl methyl sites for hydroxylation is 1. The van der Waals surface area contributed by atoms with E-state index in [0.717, 1.165) is 16.4 Å². The lowest BCUT2D eigenvalue weighted by Crippen LogP contribution is -2.26. The Bertz CT molecular complexity index is 701. The quantitative estimate of drug-likeness (QED) is 0.757. The number of carbonyl (C=O) groups is 1. The Kier molecular flexibility index (Phi) is 3.10. The van der Waals surface area contributed by atoms with Crippen molar-refractivity contribution in [3.05, 3.63) is 22.2 Å². The van der Waals surface area contributed by atoms with Gasteiger partial charge in [-0.25, -0.2) is 9.97 Å². The second-order valence-electron chi connectivity index (χ2n) is 4.39. The van der Waals surface area contributed by atoms with E-state index in [1.807, 2.05) is 18.9 Å². The second kappa shape index (κ2) is 4.68. The molecule has 8 heteroatoms. The Balaban J connectivity index is 2.26. The van der Waals surface area contributed by atoms with E-state index in [9.17, 15) is 4.79 Å². The summed E-state index contributed by atoms with van der Waals surface area (Å²) in [7, 11) is 3.54. The highest BCUT2D eigenvalue weighted by Crippen LogP contribution is 2.40. The fourth-order valence-electron chi connectivity index (χ4n) is 2.07. The van der Waals surface area contributed by atoms with Crippen molar-refractivity contribution in [3.8, 4) is 0 Å². The Labute approximate surface area is 125 Å². The van der Waals surface area contributed by atoms with E-state index in [0.29, 0.717) is 17.2 Å². The number of nitrogens with zero attached hydrogens (tertiary/aromatic N) is 5. The summed E-state index contributed by atoms with van der Waals surface area (Å²) >= 11 is 7.37. The molecule has 0 radical (unpaired) electrons. The van der Waals surface area contributed by atoms with Crippen LogP contribution in [0.3, 0.4) is 0 Å². The van der Waals surface area contributed by atoms with E-state index >= 15 is 0 Å². The van der Waals surface area contributed by atoms with Gasteiger partial charge in [-0.3, -0.25) is 4.79 Å². The van der Waals surface area contributed by atoms with Gasteiger partial charge >= 0.3 is 0 Å². The lowest BCUT2D eigenvalue weighted by atomic mass is 10.3. The molecule has 1 aliphatic rings. The van der Waals surface area contributed by atoms with Gasteiger partial charge in [-0.2, -0.15) is 4.98 Å². The monoisotopic (exact) mass is 309 g/mol. The van der Waals surface area contributed by atoms with E-state index in [1.54, 1.807) is 13.2 Å². The summed E-state index contributed by atoms with van der Waals surface area (Å²) in [5.74, 6) is 0.443. The van der Waals surface area contributed by atoms with Crippen molar-refractivity contribution < 1.29 is 4.79 Å². The molecule has 0 fully saturated rings. The number of hydrogen-bond acceptors (Lipinski definition) is 6. The molecule has 1 aliphatic heterocycles. The van der Waals surface area contributed by atoms with Gasteiger partial charge in [-0.1, -0.05) is 6.92 Å². The summed E-state index contributed by atoms with van der Waals surface area (Å²) in [6.07, 6.45) is 2.34. The van der Waals surface area contributed by atoms with Gasteiger partial charge in [-0.05, 0) is 18.0 Å². The van der Waals surface area contributed by atoms with Crippen LogP contribution >= 0.6 is 22.9 Å². The van der Waals surface area contributed by atoms with Crippen LogP contribution in [-0.2, 0) is 6.42 Å². The van der Waals surface area contributed by atoms with Crippen molar-refractivity contribution in [2.24, 2.45) is 0 Å². The van der Waals surface area contributed by atoms with Gasteiger partial charge in [0.25, 0.3) is 5.91 Å². The van der Waals surface area contributed by atoms with Crippen LogP contribution in [-0.4, -0.2) is 35.0 Å². The van der Waals surface area contributed by atoms with Crippen LogP contribution in [0.2, 0.25) is 5.28 Å². The van der Waals surface area contributed by atoms with Gasteiger partial charge in [0.05, 0.1) is 11.2 Å². The number of rotatable bonds is 1. The molecule has 20 heavy (non-hydrogen) atoms. The van der Waals surface area contributed by atoms with Gasteiger partial charge < -0.3 is 9.80 Å². The van der Waals surface area contributed by atoms with Crippen LogP contribution in [0.4, 0.5) is 16.5 Å². The average molecular weight is 310 g/mol. The number of aromatic nitrogens is 3. The standard InChI is InChI=1S/C12H12ClN5OS/c1-4-7-15-8-10(19)17(2)6-5-14-12(13)16-9(6)18(3)11(8)20-7/h5H,4H2,1-3H3. The SMILES string of the molecule is CCc1nc2c(s1)N(C)c1nc(Cl)ncc1N(C)C2=O. The van der Waals surface area contributed by atoms with Crippen molar-refractivity contribution in [2.45, 2.75) is 13.3 Å². The molecule has 0 N–H and O–H groups in total. The maximum Gasteiger partial charge on any atom is 0.279 e. The first-order chi connectivity index (χ1) is 9.52. The average Bonchev–Trinajstić information content (AvgIpc) is 2.86. The maximum absolute atomic E-state index is 12.5. The molecule has 0 unspecified atom stereocenters. The number of hydrogen-bond donors (Lipinski definition) is 0. The number of halogens is 1. The molecule has 0 aliphatic carbocycles. The van der Waals surface area contributed by atoms with Crippen LogP contribution in [0.15, 0.2) is 6.20 Å². The van der Waals surface area contributed by atoms with Gasteiger partial charge in [0.15, 0.2) is 11.5 Å². The Morgan fingerprint density at radius 2 is 2.05 bits per heavy atom. The first kappa shape index (κ1) is 13.3. The molecule has 0 saturated heterocycles. The molecule has 104 valence electrons. The van der Waals surface area contributed by atoms with Crippen LogP contribution in [0.25, 0.3) is 0 Å². The van der Waals surface area contributed by atoms with E-state index in [-0.39, 0.29) is 11.2 Å². The number of carbonyl (C=O) groups excluding carboxylic acids is 1. The molecule has 3 heterocycles. The van der Waals surface area contributed by atoms with E-state index in [1.165, 1.54) is 16.2 Å².